The number of aliphatic hydroxyl groups is 3. The fourth-order valence-electron chi connectivity index (χ4n) is 1.83. The molecule has 0 aliphatic heterocycles. The third-order valence-electron chi connectivity index (χ3n) is 2.81. The van der Waals surface area contributed by atoms with E-state index < -0.39 is 11.9 Å². The molecule has 1 aliphatic carbocycles. The van der Waals surface area contributed by atoms with Crippen molar-refractivity contribution in [1.82, 2.24) is 0 Å². The Hall–Kier alpha value is -0.120. The largest absolute Gasteiger partial charge is 0.388 e. The van der Waals surface area contributed by atoms with Gasteiger partial charge < -0.3 is 15.3 Å². The van der Waals surface area contributed by atoms with Crippen molar-refractivity contribution < 1.29 is 15.3 Å². The van der Waals surface area contributed by atoms with E-state index in [4.69, 9.17) is 0 Å². The summed E-state index contributed by atoms with van der Waals surface area (Å²) in [4.78, 5) is 0. The van der Waals surface area contributed by atoms with Crippen LogP contribution in [0.2, 0.25) is 0 Å². The minimum Gasteiger partial charge on any atom is -0.388 e. The zero-order valence-corrected chi connectivity index (χ0v) is 8.08. The first-order valence-corrected chi connectivity index (χ1v) is 5.26. The van der Waals surface area contributed by atoms with Gasteiger partial charge in [-0.15, -0.1) is 0 Å². The fourth-order valence-corrected chi connectivity index (χ4v) is 1.83. The van der Waals surface area contributed by atoms with Crippen LogP contribution in [-0.2, 0) is 0 Å². The summed E-state index contributed by atoms with van der Waals surface area (Å²) in [5.41, 5.74) is 0. The van der Waals surface area contributed by atoms with Gasteiger partial charge in [-0.3, -0.25) is 0 Å². The molecule has 0 heterocycles. The smallest absolute Gasteiger partial charge is 0.189 e. The van der Waals surface area contributed by atoms with Crippen LogP contribution in [0.5, 0.6) is 0 Å². The Morgan fingerprint density at radius 1 is 0.846 bits per heavy atom. The SMILES string of the molecule is OC1CCCCCCCCC1(O)O. The lowest BCUT2D eigenvalue weighted by molar-refractivity contribution is -0.231. The molecule has 0 spiro atoms. The molecule has 0 radical (unpaired) electrons. The van der Waals surface area contributed by atoms with Crippen LogP contribution in [0, 0.1) is 0 Å². The van der Waals surface area contributed by atoms with E-state index in [1.807, 2.05) is 0 Å². The van der Waals surface area contributed by atoms with Crippen LogP contribution in [-0.4, -0.2) is 27.2 Å². The van der Waals surface area contributed by atoms with Gasteiger partial charge in [0.2, 0.25) is 0 Å². The standard InChI is InChI=1S/C10H20O3/c11-9-7-5-3-1-2-4-6-8-10(9,12)13/h9,11-13H,1-8H2. The highest BCUT2D eigenvalue weighted by Gasteiger charge is 2.31. The lowest BCUT2D eigenvalue weighted by Gasteiger charge is -2.28. The van der Waals surface area contributed by atoms with E-state index in [-0.39, 0.29) is 0 Å². The molecule has 1 unspecified atom stereocenters. The van der Waals surface area contributed by atoms with Crippen molar-refractivity contribution >= 4 is 0 Å². The van der Waals surface area contributed by atoms with E-state index in [2.05, 4.69) is 0 Å². The molecule has 0 aromatic heterocycles. The Labute approximate surface area is 79.4 Å². The van der Waals surface area contributed by atoms with Gasteiger partial charge in [0, 0.05) is 6.42 Å². The summed E-state index contributed by atoms with van der Waals surface area (Å²) in [5.74, 6) is -1.85. The zero-order chi connectivity index (χ0) is 9.73. The molecule has 0 bridgehead atoms. The summed E-state index contributed by atoms with van der Waals surface area (Å²) in [5, 5.41) is 28.4. The van der Waals surface area contributed by atoms with E-state index in [0.29, 0.717) is 12.8 Å². The van der Waals surface area contributed by atoms with E-state index in [0.717, 1.165) is 25.7 Å². The summed E-state index contributed by atoms with van der Waals surface area (Å²) >= 11 is 0. The fraction of sp³-hybridized carbons (Fsp3) is 1.00. The Bertz CT molecular complexity index is 145. The summed E-state index contributed by atoms with van der Waals surface area (Å²) in [7, 11) is 0. The summed E-state index contributed by atoms with van der Waals surface area (Å²) in [6, 6.07) is 0. The number of aliphatic hydroxyl groups excluding tert-OH is 1. The van der Waals surface area contributed by atoms with Crippen molar-refractivity contribution in [2.45, 2.75) is 63.3 Å². The monoisotopic (exact) mass is 188 g/mol. The molecule has 0 aromatic carbocycles. The van der Waals surface area contributed by atoms with E-state index >= 15 is 0 Å². The molecule has 1 aliphatic rings. The van der Waals surface area contributed by atoms with Crippen molar-refractivity contribution in [3.63, 3.8) is 0 Å². The Morgan fingerprint density at radius 3 is 2.08 bits per heavy atom. The van der Waals surface area contributed by atoms with Crippen molar-refractivity contribution in [2.24, 2.45) is 0 Å². The maximum Gasteiger partial charge on any atom is 0.189 e. The molecule has 3 nitrogen and oxygen atoms in total. The quantitative estimate of drug-likeness (QED) is 0.500. The van der Waals surface area contributed by atoms with Gasteiger partial charge in [-0.1, -0.05) is 32.1 Å². The average Bonchev–Trinajstić information content (AvgIpc) is 2.08. The third-order valence-corrected chi connectivity index (χ3v) is 2.81. The van der Waals surface area contributed by atoms with Crippen LogP contribution in [0.3, 0.4) is 0 Å². The number of hydrogen-bond acceptors (Lipinski definition) is 3. The molecule has 0 saturated heterocycles. The first kappa shape index (κ1) is 11.0. The normalized spacial score (nSPS) is 31.2. The van der Waals surface area contributed by atoms with Gasteiger partial charge in [0.25, 0.3) is 0 Å². The maximum atomic E-state index is 9.47. The Balaban J connectivity index is 2.42. The van der Waals surface area contributed by atoms with Crippen LogP contribution >= 0.6 is 0 Å². The van der Waals surface area contributed by atoms with Crippen LogP contribution < -0.4 is 0 Å². The molecule has 0 aromatic rings. The van der Waals surface area contributed by atoms with Gasteiger partial charge in [0.05, 0.1) is 0 Å². The van der Waals surface area contributed by atoms with Gasteiger partial charge in [0.15, 0.2) is 5.79 Å². The maximum absolute atomic E-state index is 9.47. The highest BCUT2D eigenvalue weighted by Crippen LogP contribution is 2.23. The van der Waals surface area contributed by atoms with Gasteiger partial charge in [-0.25, -0.2) is 0 Å². The van der Waals surface area contributed by atoms with Crippen molar-refractivity contribution in [3.05, 3.63) is 0 Å². The number of hydrogen-bond donors (Lipinski definition) is 3. The predicted octanol–water partition coefficient (Wildman–Crippen LogP) is 1.16. The van der Waals surface area contributed by atoms with E-state index in [1.165, 1.54) is 12.8 Å². The topological polar surface area (TPSA) is 60.7 Å². The molecule has 1 saturated carbocycles. The van der Waals surface area contributed by atoms with Crippen molar-refractivity contribution in [1.29, 1.82) is 0 Å². The summed E-state index contributed by atoms with van der Waals surface area (Å²) in [6.45, 7) is 0. The third kappa shape index (κ3) is 3.63. The molecule has 3 heteroatoms. The minimum atomic E-state index is -1.85. The second kappa shape index (κ2) is 4.94. The van der Waals surface area contributed by atoms with Gasteiger partial charge in [-0.2, -0.15) is 0 Å². The molecular weight excluding hydrogens is 168 g/mol. The van der Waals surface area contributed by atoms with Gasteiger partial charge in [-0.05, 0) is 12.8 Å². The Kier molecular flexibility index (Phi) is 4.16. The lowest BCUT2D eigenvalue weighted by atomic mass is 9.94. The molecule has 78 valence electrons. The molecule has 1 atom stereocenters. The van der Waals surface area contributed by atoms with E-state index in [1.54, 1.807) is 0 Å². The lowest BCUT2D eigenvalue weighted by Crippen LogP contribution is -2.42. The van der Waals surface area contributed by atoms with Crippen LogP contribution in [0.4, 0.5) is 0 Å². The second-order valence-corrected chi connectivity index (χ2v) is 4.05. The average molecular weight is 188 g/mol. The van der Waals surface area contributed by atoms with Crippen LogP contribution in [0.25, 0.3) is 0 Å². The summed E-state index contributed by atoms with van der Waals surface area (Å²) < 4.78 is 0. The highest BCUT2D eigenvalue weighted by atomic mass is 16.5. The predicted molar refractivity (Wildman–Crippen MR) is 50.1 cm³/mol. The molecule has 13 heavy (non-hydrogen) atoms. The van der Waals surface area contributed by atoms with Crippen molar-refractivity contribution in [3.8, 4) is 0 Å². The zero-order valence-electron chi connectivity index (χ0n) is 8.08. The van der Waals surface area contributed by atoms with Crippen LogP contribution in [0.1, 0.15) is 51.4 Å². The highest BCUT2D eigenvalue weighted by molar-refractivity contribution is 4.75. The summed E-state index contributed by atoms with van der Waals surface area (Å²) in [6.07, 6.45) is 6.03. The first-order chi connectivity index (χ1) is 6.13. The minimum absolute atomic E-state index is 0.300. The van der Waals surface area contributed by atoms with E-state index in [9.17, 15) is 15.3 Å². The molecular formula is C10H20O3. The molecule has 0 amide bonds. The van der Waals surface area contributed by atoms with Gasteiger partial charge in [0.1, 0.15) is 6.10 Å². The second-order valence-electron chi connectivity index (χ2n) is 4.05. The molecule has 1 fully saturated rings. The molecule has 3 N–H and O–H groups in total. The first-order valence-electron chi connectivity index (χ1n) is 5.26. The van der Waals surface area contributed by atoms with Gasteiger partial charge >= 0.3 is 0 Å². The molecule has 1 rings (SSSR count). The van der Waals surface area contributed by atoms with Crippen LogP contribution in [0.15, 0.2) is 0 Å². The number of rotatable bonds is 0. The van der Waals surface area contributed by atoms with Crippen molar-refractivity contribution in [2.75, 3.05) is 0 Å². The Morgan fingerprint density at radius 2 is 1.38 bits per heavy atom.